The fourth-order valence-electron chi connectivity index (χ4n) is 1.81. The lowest BCUT2D eigenvalue weighted by Crippen LogP contribution is -2.40. The molecule has 0 bridgehead atoms. The van der Waals surface area contributed by atoms with Crippen molar-refractivity contribution in [2.75, 3.05) is 19.7 Å². The molecule has 2 nitrogen and oxygen atoms in total. The largest absolute Gasteiger partial charge is 0.395 e. The van der Waals surface area contributed by atoms with Crippen LogP contribution in [0.15, 0.2) is 0 Å². The van der Waals surface area contributed by atoms with Gasteiger partial charge in [-0.2, -0.15) is 12.6 Å². The van der Waals surface area contributed by atoms with Gasteiger partial charge in [0.25, 0.3) is 0 Å². The van der Waals surface area contributed by atoms with Crippen molar-refractivity contribution in [3.8, 4) is 0 Å². The second-order valence-corrected chi connectivity index (χ2v) is 5.47. The Labute approximate surface area is 80.4 Å². The predicted molar refractivity (Wildman–Crippen MR) is 54.7 cm³/mol. The zero-order valence-electron chi connectivity index (χ0n) is 7.95. The molecule has 1 rings (SSSR count). The third-order valence-corrected chi connectivity index (χ3v) is 2.44. The number of likely N-dealkylation sites (tertiary alicyclic amines) is 1. The van der Waals surface area contributed by atoms with Crippen LogP contribution in [-0.2, 0) is 0 Å². The fraction of sp³-hybridized carbons (Fsp3) is 1.00. The number of nitrogens with zero attached hydrogens (tertiary/aromatic N) is 1. The molecule has 1 fully saturated rings. The van der Waals surface area contributed by atoms with Gasteiger partial charge in [-0.25, -0.2) is 0 Å². The Balaban J connectivity index is 2.41. The number of thiol groups is 1. The summed E-state index contributed by atoms with van der Waals surface area (Å²) in [7, 11) is 0. The minimum Gasteiger partial charge on any atom is -0.395 e. The van der Waals surface area contributed by atoms with E-state index in [4.69, 9.17) is 5.11 Å². The molecule has 1 aliphatic heterocycles. The van der Waals surface area contributed by atoms with Crippen LogP contribution in [0.5, 0.6) is 0 Å². The Hall–Kier alpha value is 0.270. The van der Waals surface area contributed by atoms with E-state index in [1.54, 1.807) is 0 Å². The van der Waals surface area contributed by atoms with Gasteiger partial charge in [0.1, 0.15) is 0 Å². The molecule has 0 saturated carbocycles. The summed E-state index contributed by atoms with van der Waals surface area (Å²) in [5.74, 6) is 0. The second kappa shape index (κ2) is 3.99. The van der Waals surface area contributed by atoms with Gasteiger partial charge in [0, 0.05) is 17.3 Å². The van der Waals surface area contributed by atoms with Gasteiger partial charge < -0.3 is 5.11 Å². The highest BCUT2D eigenvalue weighted by Gasteiger charge is 2.27. The first-order chi connectivity index (χ1) is 5.53. The van der Waals surface area contributed by atoms with Crippen molar-refractivity contribution in [1.29, 1.82) is 0 Å². The lowest BCUT2D eigenvalue weighted by molar-refractivity contribution is 0.152. The molecular formula is C9H19NOS. The molecule has 0 unspecified atom stereocenters. The van der Waals surface area contributed by atoms with Gasteiger partial charge in [-0.1, -0.05) is 0 Å². The van der Waals surface area contributed by atoms with Gasteiger partial charge in [0.05, 0.1) is 6.61 Å². The van der Waals surface area contributed by atoms with Crippen molar-refractivity contribution < 1.29 is 5.11 Å². The highest BCUT2D eigenvalue weighted by atomic mass is 32.1. The molecule has 0 amide bonds. The SMILES string of the molecule is CC(C)(S)CN1CCC[C@H]1CO. The van der Waals surface area contributed by atoms with Gasteiger partial charge >= 0.3 is 0 Å². The number of hydrogen-bond acceptors (Lipinski definition) is 3. The topological polar surface area (TPSA) is 23.5 Å². The van der Waals surface area contributed by atoms with E-state index in [9.17, 15) is 0 Å². The third-order valence-electron chi connectivity index (χ3n) is 2.30. The summed E-state index contributed by atoms with van der Waals surface area (Å²) in [6, 6.07) is 0.386. The van der Waals surface area contributed by atoms with E-state index in [0.29, 0.717) is 12.6 Å². The van der Waals surface area contributed by atoms with Crippen LogP contribution >= 0.6 is 12.6 Å². The minimum absolute atomic E-state index is 0.0533. The fourth-order valence-corrected chi connectivity index (χ4v) is 1.99. The summed E-state index contributed by atoms with van der Waals surface area (Å²) < 4.78 is 0.0533. The van der Waals surface area contributed by atoms with Crippen molar-refractivity contribution in [2.45, 2.75) is 37.5 Å². The van der Waals surface area contributed by atoms with E-state index in [2.05, 4.69) is 31.4 Å². The Morgan fingerprint density at radius 1 is 1.58 bits per heavy atom. The van der Waals surface area contributed by atoms with Crippen molar-refractivity contribution in [1.82, 2.24) is 4.90 Å². The Morgan fingerprint density at radius 3 is 2.75 bits per heavy atom. The molecule has 0 spiro atoms. The van der Waals surface area contributed by atoms with E-state index in [1.807, 2.05) is 0 Å². The van der Waals surface area contributed by atoms with E-state index in [0.717, 1.165) is 19.5 Å². The average molecular weight is 189 g/mol. The second-order valence-electron chi connectivity index (χ2n) is 4.26. The quantitative estimate of drug-likeness (QED) is 0.651. The average Bonchev–Trinajstić information content (AvgIpc) is 2.31. The van der Waals surface area contributed by atoms with Crippen molar-refractivity contribution in [3.63, 3.8) is 0 Å². The predicted octanol–water partition coefficient (Wildman–Crippen LogP) is 1.15. The zero-order valence-corrected chi connectivity index (χ0v) is 8.85. The summed E-state index contributed by atoms with van der Waals surface area (Å²) in [5, 5.41) is 9.07. The van der Waals surface area contributed by atoms with Crippen molar-refractivity contribution in [3.05, 3.63) is 0 Å². The molecule has 1 atom stereocenters. The molecule has 1 saturated heterocycles. The first kappa shape index (κ1) is 10.4. The van der Waals surface area contributed by atoms with Crippen molar-refractivity contribution in [2.24, 2.45) is 0 Å². The van der Waals surface area contributed by atoms with Gasteiger partial charge in [-0.15, -0.1) is 0 Å². The number of aliphatic hydroxyl groups excluding tert-OH is 1. The highest BCUT2D eigenvalue weighted by Crippen LogP contribution is 2.22. The summed E-state index contributed by atoms with van der Waals surface area (Å²) in [4.78, 5) is 2.34. The number of hydrogen-bond donors (Lipinski definition) is 2. The van der Waals surface area contributed by atoms with Crippen LogP contribution in [0, 0.1) is 0 Å². The Kier molecular flexibility index (Phi) is 3.44. The van der Waals surface area contributed by atoms with Crippen LogP contribution in [0.1, 0.15) is 26.7 Å². The molecule has 0 aromatic rings. The third kappa shape index (κ3) is 2.96. The first-order valence-electron chi connectivity index (χ1n) is 4.60. The molecule has 3 heteroatoms. The molecule has 1 heterocycles. The van der Waals surface area contributed by atoms with Gasteiger partial charge in [-0.3, -0.25) is 4.90 Å². The van der Waals surface area contributed by atoms with Crippen LogP contribution in [0.2, 0.25) is 0 Å². The van der Waals surface area contributed by atoms with Crippen LogP contribution in [0.3, 0.4) is 0 Å². The molecule has 72 valence electrons. The number of aliphatic hydroxyl groups is 1. The highest BCUT2D eigenvalue weighted by molar-refractivity contribution is 7.81. The maximum absolute atomic E-state index is 9.07. The van der Waals surface area contributed by atoms with Crippen LogP contribution < -0.4 is 0 Å². The molecule has 0 radical (unpaired) electrons. The molecule has 12 heavy (non-hydrogen) atoms. The summed E-state index contributed by atoms with van der Waals surface area (Å²) >= 11 is 4.49. The van der Waals surface area contributed by atoms with Gasteiger partial charge in [0.15, 0.2) is 0 Å². The smallest absolute Gasteiger partial charge is 0.0586 e. The van der Waals surface area contributed by atoms with Gasteiger partial charge in [-0.05, 0) is 33.2 Å². The van der Waals surface area contributed by atoms with Crippen LogP contribution in [-0.4, -0.2) is 40.5 Å². The molecule has 0 aromatic heterocycles. The van der Waals surface area contributed by atoms with Gasteiger partial charge in [0.2, 0.25) is 0 Å². The first-order valence-corrected chi connectivity index (χ1v) is 5.05. The van der Waals surface area contributed by atoms with Crippen LogP contribution in [0.4, 0.5) is 0 Å². The monoisotopic (exact) mass is 189 g/mol. The summed E-state index contributed by atoms with van der Waals surface area (Å²) in [5.41, 5.74) is 0. The summed E-state index contributed by atoms with van der Waals surface area (Å²) in [6.45, 7) is 6.62. The van der Waals surface area contributed by atoms with Crippen LogP contribution in [0.25, 0.3) is 0 Å². The van der Waals surface area contributed by atoms with E-state index >= 15 is 0 Å². The Bertz CT molecular complexity index is 144. The maximum atomic E-state index is 9.07. The normalized spacial score (nSPS) is 26.5. The maximum Gasteiger partial charge on any atom is 0.0586 e. The lowest BCUT2D eigenvalue weighted by Gasteiger charge is -2.29. The van der Waals surface area contributed by atoms with E-state index in [1.165, 1.54) is 6.42 Å². The van der Waals surface area contributed by atoms with E-state index < -0.39 is 0 Å². The zero-order chi connectivity index (χ0) is 9.19. The minimum atomic E-state index is 0.0533. The molecule has 1 N–H and O–H groups in total. The van der Waals surface area contributed by atoms with E-state index in [-0.39, 0.29) is 4.75 Å². The molecule has 0 aliphatic carbocycles. The number of rotatable bonds is 3. The molecular weight excluding hydrogens is 170 g/mol. The molecule has 1 aliphatic rings. The summed E-state index contributed by atoms with van der Waals surface area (Å²) in [6.07, 6.45) is 2.36. The lowest BCUT2D eigenvalue weighted by atomic mass is 10.1. The standard InChI is InChI=1S/C9H19NOS/c1-9(2,12)7-10-5-3-4-8(10)6-11/h8,11-12H,3-7H2,1-2H3/t8-/m0/s1. The van der Waals surface area contributed by atoms with Crippen molar-refractivity contribution >= 4 is 12.6 Å². The molecule has 0 aromatic carbocycles. The Morgan fingerprint density at radius 2 is 2.25 bits per heavy atom.